The predicted molar refractivity (Wildman–Crippen MR) is 127 cm³/mol. The van der Waals surface area contributed by atoms with Gasteiger partial charge in [0.15, 0.2) is 0 Å². The first-order valence-electron chi connectivity index (χ1n) is 9.96. The van der Waals surface area contributed by atoms with Gasteiger partial charge in [-0.25, -0.2) is 0 Å². The second-order valence-corrected chi connectivity index (χ2v) is 8.80. The predicted octanol–water partition coefficient (Wildman–Crippen LogP) is 8.52. The standard InChI is InChI=1S/C28H16S/c1-2-10-19-18(9-1)20-12-5-7-17-8-6-13-23(26(17)20)27-21(19)15-16-25-28(27)22-11-3-4-14-24(22)29-25/h1-16H. The molecule has 0 radical (unpaired) electrons. The molecule has 1 aliphatic rings. The number of hydrogen-bond donors (Lipinski definition) is 0. The average molecular weight is 385 g/mol. The van der Waals surface area contributed by atoms with Crippen molar-refractivity contribution in [2.75, 3.05) is 0 Å². The van der Waals surface area contributed by atoms with E-state index in [1.165, 1.54) is 64.3 Å². The van der Waals surface area contributed by atoms with Crippen molar-refractivity contribution in [3.63, 3.8) is 0 Å². The molecule has 0 fully saturated rings. The van der Waals surface area contributed by atoms with E-state index in [1.54, 1.807) is 0 Å². The Morgan fingerprint density at radius 1 is 0.414 bits per heavy atom. The van der Waals surface area contributed by atoms with Crippen LogP contribution in [0.3, 0.4) is 0 Å². The minimum Gasteiger partial charge on any atom is -0.135 e. The molecule has 1 aliphatic carbocycles. The van der Waals surface area contributed by atoms with Crippen LogP contribution in [-0.4, -0.2) is 0 Å². The minimum atomic E-state index is 1.30. The van der Waals surface area contributed by atoms with E-state index < -0.39 is 0 Å². The second kappa shape index (κ2) is 5.56. The SMILES string of the molecule is c1ccc2c(c1)-c1ccc3sc4ccccc4c3c1-c1cccc3cccc-2c13. The van der Waals surface area contributed by atoms with E-state index in [4.69, 9.17) is 0 Å². The van der Waals surface area contributed by atoms with Crippen molar-refractivity contribution in [1.29, 1.82) is 0 Å². The molecule has 0 N–H and O–H groups in total. The number of rotatable bonds is 0. The van der Waals surface area contributed by atoms with E-state index in [1.807, 2.05) is 11.3 Å². The van der Waals surface area contributed by atoms with Crippen LogP contribution in [0.5, 0.6) is 0 Å². The van der Waals surface area contributed by atoms with Gasteiger partial charge >= 0.3 is 0 Å². The van der Waals surface area contributed by atoms with Crippen LogP contribution in [-0.2, 0) is 0 Å². The van der Waals surface area contributed by atoms with E-state index in [2.05, 4.69) is 97.1 Å². The smallest absolute Gasteiger partial charge is 0.0362 e. The zero-order chi connectivity index (χ0) is 18.9. The van der Waals surface area contributed by atoms with Crippen LogP contribution in [0.1, 0.15) is 0 Å². The van der Waals surface area contributed by atoms with Crippen molar-refractivity contribution in [2.24, 2.45) is 0 Å². The summed E-state index contributed by atoms with van der Waals surface area (Å²) in [4.78, 5) is 0. The minimum absolute atomic E-state index is 1.30. The molecule has 0 unspecified atom stereocenters. The molecule has 0 saturated heterocycles. The summed E-state index contributed by atoms with van der Waals surface area (Å²) in [5.41, 5.74) is 8.03. The molecule has 0 atom stereocenters. The van der Waals surface area contributed by atoms with Crippen LogP contribution in [0, 0.1) is 0 Å². The van der Waals surface area contributed by atoms with Gasteiger partial charge in [-0.2, -0.15) is 0 Å². The highest BCUT2D eigenvalue weighted by molar-refractivity contribution is 7.26. The van der Waals surface area contributed by atoms with Gasteiger partial charge in [-0.15, -0.1) is 11.3 Å². The van der Waals surface area contributed by atoms with Crippen LogP contribution in [0.15, 0.2) is 97.1 Å². The maximum absolute atomic E-state index is 2.33. The van der Waals surface area contributed by atoms with Gasteiger partial charge in [0, 0.05) is 20.2 Å². The molecule has 5 aromatic carbocycles. The summed E-state index contributed by atoms with van der Waals surface area (Å²) < 4.78 is 2.72. The highest BCUT2D eigenvalue weighted by atomic mass is 32.1. The zero-order valence-corrected chi connectivity index (χ0v) is 16.5. The maximum atomic E-state index is 2.33. The van der Waals surface area contributed by atoms with Gasteiger partial charge < -0.3 is 0 Å². The Morgan fingerprint density at radius 3 is 1.97 bits per heavy atom. The van der Waals surface area contributed by atoms with Crippen LogP contribution >= 0.6 is 11.3 Å². The Labute approximate surface area is 172 Å². The molecule has 1 heterocycles. The number of thiophene rings is 1. The molecule has 0 saturated carbocycles. The van der Waals surface area contributed by atoms with Gasteiger partial charge in [-0.1, -0.05) is 84.9 Å². The molecular formula is C28H16S. The van der Waals surface area contributed by atoms with Gasteiger partial charge in [-0.3, -0.25) is 0 Å². The summed E-state index contributed by atoms with van der Waals surface area (Å²) >= 11 is 1.89. The average Bonchev–Trinajstić information content (AvgIpc) is 3.11. The Balaban J connectivity index is 1.82. The van der Waals surface area contributed by atoms with Crippen molar-refractivity contribution < 1.29 is 0 Å². The summed E-state index contributed by atoms with van der Waals surface area (Å²) in [6, 6.07) is 35.8. The summed E-state index contributed by atoms with van der Waals surface area (Å²) in [5.74, 6) is 0. The lowest BCUT2D eigenvalue weighted by molar-refractivity contribution is 1.64. The van der Waals surface area contributed by atoms with E-state index >= 15 is 0 Å². The van der Waals surface area contributed by atoms with Crippen LogP contribution in [0.4, 0.5) is 0 Å². The van der Waals surface area contributed by atoms with Crippen LogP contribution < -0.4 is 0 Å². The Morgan fingerprint density at radius 2 is 1.10 bits per heavy atom. The first-order valence-corrected chi connectivity index (χ1v) is 10.8. The normalized spacial score (nSPS) is 12.1. The third-order valence-electron chi connectivity index (χ3n) is 6.22. The lowest BCUT2D eigenvalue weighted by atomic mass is 9.90. The van der Waals surface area contributed by atoms with Crippen molar-refractivity contribution >= 4 is 42.3 Å². The van der Waals surface area contributed by atoms with Crippen molar-refractivity contribution in [3.05, 3.63) is 97.1 Å². The molecule has 0 amide bonds. The zero-order valence-electron chi connectivity index (χ0n) is 15.6. The molecule has 0 bridgehead atoms. The molecule has 0 spiro atoms. The summed E-state index contributed by atoms with van der Waals surface area (Å²) in [6.45, 7) is 0. The molecule has 0 nitrogen and oxygen atoms in total. The molecule has 7 rings (SSSR count). The molecular weight excluding hydrogens is 368 g/mol. The van der Waals surface area contributed by atoms with Crippen molar-refractivity contribution in [2.45, 2.75) is 0 Å². The van der Waals surface area contributed by atoms with Gasteiger partial charge in [0.1, 0.15) is 0 Å². The fraction of sp³-hybridized carbons (Fsp3) is 0. The third-order valence-corrected chi connectivity index (χ3v) is 7.36. The highest BCUT2D eigenvalue weighted by Crippen LogP contribution is 2.51. The first-order chi connectivity index (χ1) is 14.4. The van der Waals surface area contributed by atoms with Crippen LogP contribution in [0.25, 0.3) is 64.3 Å². The Hall–Kier alpha value is -3.42. The molecule has 1 heteroatoms. The first kappa shape index (κ1) is 15.5. The molecule has 134 valence electrons. The quantitative estimate of drug-likeness (QED) is 0.246. The van der Waals surface area contributed by atoms with Gasteiger partial charge in [-0.05, 0) is 56.3 Å². The van der Waals surface area contributed by atoms with E-state index in [0.29, 0.717) is 0 Å². The van der Waals surface area contributed by atoms with Gasteiger partial charge in [0.2, 0.25) is 0 Å². The highest BCUT2D eigenvalue weighted by Gasteiger charge is 2.24. The van der Waals surface area contributed by atoms with E-state index in [-0.39, 0.29) is 0 Å². The fourth-order valence-electron chi connectivity index (χ4n) is 5.05. The number of benzene rings is 5. The van der Waals surface area contributed by atoms with Gasteiger partial charge in [0.25, 0.3) is 0 Å². The summed E-state index contributed by atoms with van der Waals surface area (Å²) in [6.07, 6.45) is 0. The monoisotopic (exact) mass is 384 g/mol. The fourth-order valence-corrected chi connectivity index (χ4v) is 6.16. The van der Waals surface area contributed by atoms with Crippen LogP contribution in [0.2, 0.25) is 0 Å². The third kappa shape index (κ3) is 1.98. The van der Waals surface area contributed by atoms with E-state index in [0.717, 1.165) is 0 Å². The second-order valence-electron chi connectivity index (χ2n) is 7.71. The summed E-state index contributed by atoms with van der Waals surface area (Å²) in [5, 5.41) is 5.42. The Kier molecular flexibility index (Phi) is 2.97. The Bertz CT molecular complexity index is 1590. The molecule has 1 aromatic heterocycles. The topological polar surface area (TPSA) is 0 Å². The maximum Gasteiger partial charge on any atom is 0.0362 e. The largest absolute Gasteiger partial charge is 0.135 e. The van der Waals surface area contributed by atoms with Crippen molar-refractivity contribution in [3.8, 4) is 33.4 Å². The van der Waals surface area contributed by atoms with E-state index in [9.17, 15) is 0 Å². The number of hydrogen-bond acceptors (Lipinski definition) is 1. The summed E-state index contributed by atoms with van der Waals surface area (Å²) in [7, 11) is 0. The lowest BCUT2D eigenvalue weighted by Crippen LogP contribution is -1.86. The molecule has 6 aromatic rings. The number of fused-ring (bicyclic) bond motifs is 9. The molecule has 29 heavy (non-hydrogen) atoms. The van der Waals surface area contributed by atoms with Gasteiger partial charge in [0.05, 0.1) is 0 Å². The van der Waals surface area contributed by atoms with Crippen molar-refractivity contribution in [1.82, 2.24) is 0 Å². The molecule has 0 aliphatic heterocycles. The lowest BCUT2D eigenvalue weighted by Gasteiger charge is -2.13.